The Bertz CT molecular complexity index is 978. The predicted octanol–water partition coefficient (Wildman–Crippen LogP) is 0.0820. The van der Waals surface area contributed by atoms with Gasteiger partial charge in [0.2, 0.25) is 0 Å². The predicted molar refractivity (Wildman–Crippen MR) is 103 cm³/mol. The molecule has 1 fully saturated rings. The maximum absolute atomic E-state index is 12.3. The molecule has 1 aliphatic rings. The number of halogens is 1. The number of nitrogens with zero attached hydrogens (tertiary/aromatic N) is 3. The fourth-order valence-electron chi connectivity index (χ4n) is 2.89. The molecule has 10 heteroatoms. The average molecular weight is 407 g/mol. The zero-order valence-corrected chi connectivity index (χ0v) is 15.7. The van der Waals surface area contributed by atoms with E-state index in [0.717, 1.165) is 16.3 Å². The molecule has 0 bridgehead atoms. The summed E-state index contributed by atoms with van der Waals surface area (Å²) in [6.07, 6.45) is 1.19. The molecule has 0 radical (unpaired) electrons. The lowest BCUT2D eigenvalue weighted by Crippen LogP contribution is -2.50. The summed E-state index contributed by atoms with van der Waals surface area (Å²) in [7, 11) is 0. The van der Waals surface area contributed by atoms with Crippen LogP contribution in [0.2, 0.25) is 5.02 Å². The minimum absolute atomic E-state index is 0.305. The van der Waals surface area contributed by atoms with Crippen molar-refractivity contribution in [1.29, 1.82) is 0 Å². The number of anilines is 1. The molecular formula is C18H19ClN4O5. The van der Waals surface area contributed by atoms with E-state index in [1.807, 2.05) is 29.2 Å². The van der Waals surface area contributed by atoms with Crippen molar-refractivity contribution in [3.05, 3.63) is 62.4 Å². The number of esters is 1. The highest BCUT2D eigenvalue weighted by Crippen LogP contribution is 2.25. The molecule has 28 heavy (non-hydrogen) atoms. The van der Waals surface area contributed by atoms with Gasteiger partial charge in [0, 0.05) is 38.4 Å². The minimum Gasteiger partial charge on any atom is -0.454 e. The van der Waals surface area contributed by atoms with Crippen LogP contribution in [-0.2, 0) is 20.9 Å². The molecule has 1 saturated heterocycles. The molecule has 1 amide bonds. The summed E-state index contributed by atoms with van der Waals surface area (Å²) in [6.45, 7) is 1.43. The number of nitrogens with one attached hydrogen (secondary N) is 1. The van der Waals surface area contributed by atoms with E-state index in [-0.39, 0.29) is 12.5 Å². The van der Waals surface area contributed by atoms with Crippen LogP contribution in [0.5, 0.6) is 0 Å². The highest BCUT2D eigenvalue weighted by atomic mass is 35.5. The first-order chi connectivity index (χ1) is 13.4. The first-order valence-electron chi connectivity index (χ1n) is 8.66. The summed E-state index contributed by atoms with van der Waals surface area (Å²) in [6, 6.07) is 8.65. The van der Waals surface area contributed by atoms with Crippen LogP contribution < -0.4 is 16.1 Å². The fourth-order valence-corrected chi connectivity index (χ4v) is 3.15. The molecule has 148 valence electrons. The standard InChI is InChI=1S/C18H19ClN4O5/c19-13-3-1-2-4-14(13)21-7-9-22(10-8-21)16(25)12-28-17(26)11-23-6-5-15(24)20-18(23)27/h1-6H,7-12H2,(H,20,24,27). The minimum atomic E-state index is -0.739. The van der Waals surface area contributed by atoms with E-state index in [1.165, 1.54) is 6.20 Å². The second kappa shape index (κ2) is 8.75. The fraction of sp³-hybridized carbons (Fsp3) is 0.333. The number of rotatable bonds is 5. The van der Waals surface area contributed by atoms with Gasteiger partial charge in [-0.05, 0) is 12.1 Å². The van der Waals surface area contributed by atoms with Crippen LogP contribution in [0.25, 0.3) is 0 Å². The maximum Gasteiger partial charge on any atom is 0.328 e. The summed E-state index contributed by atoms with van der Waals surface area (Å²) in [5, 5.41) is 0.661. The maximum atomic E-state index is 12.3. The van der Waals surface area contributed by atoms with Gasteiger partial charge in [0.05, 0.1) is 10.7 Å². The van der Waals surface area contributed by atoms with Crippen molar-refractivity contribution in [3.63, 3.8) is 0 Å². The lowest BCUT2D eigenvalue weighted by Gasteiger charge is -2.36. The van der Waals surface area contributed by atoms with Crippen LogP contribution in [0.15, 0.2) is 46.1 Å². The van der Waals surface area contributed by atoms with Crippen LogP contribution in [-0.4, -0.2) is 59.1 Å². The van der Waals surface area contributed by atoms with Gasteiger partial charge in [-0.3, -0.25) is 23.9 Å². The zero-order chi connectivity index (χ0) is 20.1. The normalized spacial score (nSPS) is 14.0. The van der Waals surface area contributed by atoms with Crippen molar-refractivity contribution >= 4 is 29.2 Å². The molecule has 2 heterocycles. The molecule has 1 aromatic heterocycles. The van der Waals surface area contributed by atoms with Crippen LogP contribution in [0.3, 0.4) is 0 Å². The van der Waals surface area contributed by atoms with Crippen molar-refractivity contribution in [2.24, 2.45) is 0 Å². The van der Waals surface area contributed by atoms with Gasteiger partial charge in [0.1, 0.15) is 6.54 Å². The number of H-pyrrole nitrogens is 1. The lowest BCUT2D eigenvalue weighted by atomic mass is 10.2. The Hall–Kier alpha value is -3.07. The largest absolute Gasteiger partial charge is 0.454 e. The molecule has 0 saturated carbocycles. The molecule has 0 aliphatic carbocycles. The molecular weight excluding hydrogens is 388 g/mol. The molecule has 2 aromatic rings. The smallest absolute Gasteiger partial charge is 0.328 e. The number of carbonyl (C=O) groups excluding carboxylic acids is 2. The first-order valence-corrected chi connectivity index (χ1v) is 9.04. The lowest BCUT2D eigenvalue weighted by molar-refractivity contribution is -0.152. The van der Waals surface area contributed by atoms with E-state index in [0.29, 0.717) is 31.2 Å². The van der Waals surface area contributed by atoms with Gasteiger partial charge in [-0.1, -0.05) is 23.7 Å². The Balaban J connectivity index is 1.47. The SMILES string of the molecule is O=C(Cn1ccc(=O)[nH]c1=O)OCC(=O)N1CCN(c2ccccc2Cl)CC1. The van der Waals surface area contributed by atoms with Crippen molar-refractivity contribution in [3.8, 4) is 0 Å². The summed E-state index contributed by atoms with van der Waals surface area (Å²) in [4.78, 5) is 52.4. The first kappa shape index (κ1) is 19.7. The zero-order valence-electron chi connectivity index (χ0n) is 15.0. The van der Waals surface area contributed by atoms with Crippen LogP contribution in [0, 0.1) is 0 Å². The third-order valence-electron chi connectivity index (χ3n) is 4.38. The van der Waals surface area contributed by atoms with Crippen molar-refractivity contribution in [2.45, 2.75) is 6.54 Å². The molecule has 0 atom stereocenters. The average Bonchev–Trinajstić information content (AvgIpc) is 2.69. The van der Waals surface area contributed by atoms with Crippen molar-refractivity contribution in [2.75, 3.05) is 37.7 Å². The van der Waals surface area contributed by atoms with Gasteiger partial charge in [-0.2, -0.15) is 0 Å². The topological polar surface area (TPSA) is 105 Å². The number of para-hydroxylation sites is 1. The third-order valence-corrected chi connectivity index (χ3v) is 4.70. The van der Waals surface area contributed by atoms with Crippen molar-refractivity contribution < 1.29 is 14.3 Å². The Morgan fingerprint density at radius 2 is 1.79 bits per heavy atom. The van der Waals surface area contributed by atoms with Crippen LogP contribution in [0.1, 0.15) is 0 Å². The number of ether oxygens (including phenoxy) is 1. The number of hydrogen-bond acceptors (Lipinski definition) is 6. The number of aromatic nitrogens is 2. The number of amides is 1. The van der Waals surface area contributed by atoms with E-state index in [4.69, 9.17) is 16.3 Å². The molecule has 1 N–H and O–H groups in total. The number of aromatic amines is 1. The van der Waals surface area contributed by atoms with Gasteiger partial charge in [0.25, 0.3) is 11.5 Å². The summed E-state index contributed by atoms with van der Waals surface area (Å²) in [5.41, 5.74) is -0.346. The number of hydrogen-bond donors (Lipinski definition) is 1. The van der Waals surface area contributed by atoms with Gasteiger partial charge in [0.15, 0.2) is 6.61 Å². The van der Waals surface area contributed by atoms with E-state index >= 15 is 0 Å². The number of benzene rings is 1. The Morgan fingerprint density at radius 1 is 1.07 bits per heavy atom. The number of piperazine rings is 1. The quantitative estimate of drug-likeness (QED) is 0.705. The molecule has 0 unspecified atom stereocenters. The third kappa shape index (κ3) is 4.80. The summed E-state index contributed by atoms with van der Waals surface area (Å²) in [5.74, 6) is -1.04. The Labute approximate surface area is 165 Å². The molecule has 3 rings (SSSR count). The highest BCUT2D eigenvalue weighted by molar-refractivity contribution is 6.33. The van der Waals surface area contributed by atoms with Gasteiger partial charge >= 0.3 is 11.7 Å². The van der Waals surface area contributed by atoms with Crippen molar-refractivity contribution in [1.82, 2.24) is 14.5 Å². The second-order valence-electron chi connectivity index (χ2n) is 6.22. The van der Waals surface area contributed by atoms with Gasteiger partial charge in [-0.15, -0.1) is 0 Å². The molecule has 1 aromatic carbocycles. The van der Waals surface area contributed by atoms with Gasteiger partial charge < -0.3 is 14.5 Å². The van der Waals surface area contributed by atoms with E-state index < -0.39 is 23.8 Å². The Kier molecular flexibility index (Phi) is 6.15. The monoisotopic (exact) mass is 406 g/mol. The van der Waals surface area contributed by atoms with Gasteiger partial charge in [-0.25, -0.2) is 4.79 Å². The second-order valence-corrected chi connectivity index (χ2v) is 6.63. The Morgan fingerprint density at radius 3 is 2.46 bits per heavy atom. The van der Waals surface area contributed by atoms with Crippen LogP contribution in [0.4, 0.5) is 5.69 Å². The molecule has 1 aliphatic heterocycles. The highest BCUT2D eigenvalue weighted by Gasteiger charge is 2.23. The van der Waals surface area contributed by atoms with Crippen LogP contribution >= 0.6 is 11.6 Å². The van der Waals surface area contributed by atoms with E-state index in [2.05, 4.69) is 4.90 Å². The van der Waals surface area contributed by atoms with E-state index in [1.54, 1.807) is 4.90 Å². The van der Waals surface area contributed by atoms with E-state index in [9.17, 15) is 19.2 Å². The molecule has 0 spiro atoms. The molecule has 9 nitrogen and oxygen atoms in total. The summed E-state index contributed by atoms with van der Waals surface area (Å²) < 4.78 is 5.96. The summed E-state index contributed by atoms with van der Waals surface area (Å²) >= 11 is 6.20. The number of carbonyl (C=O) groups is 2.